The SMILES string of the molecule is Nc1ccc(OC2CCOC3(CCSC3)C2)cc1C(=O)O. The number of carboxylic acids is 1. The van der Waals surface area contributed by atoms with Crippen LogP contribution in [0.25, 0.3) is 0 Å². The quantitative estimate of drug-likeness (QED) is 0.834. The van der Waals surface area contributed by atoms with E-state index in [1.54, 1.807) is 12.1 Å². The molecule has 2 saturated heterocycles. The number of anilines is 1. The zero-order chi connectivity index (χ0) is 14.9. The molecule has 21 heavy (non-hydrogen) atoms. The van der Waals surface area contributed by atoms with Gasteiger partial charge in [0.25, 0.3) is 0 Å². The summed E-state index contributed by atoms with van der Waals surface area (Å²) < 4.78 is 11.9. The predicted molar refractivity (Wildman–Crippen MR) is 82.1 cm³/mol. The van der Waals surface area contributed by atoms with Crippen LogP contribution in [0.15, 0.2) is 18.2 Å². The molecule has 0 amide bonds. The van der Waals surface area contributed by atoms with Crippen LogP contribution < -0.4 is 10.5 Å². The molecule has 2 heterocycles. The van der Waals surface area contributed by atoms with Gasteiger partial charge < -0.3 is 20.3 Å². The molecule has 1 aromatic carbocycles. The number of carbonyl (C=O) groups is 1. The molecule has 0 bridgehead atoms. The average molecular weight is 309 g/mol. The van der Waals surface area contributed by atoms with Gasteiger partial charge in [-0.25, -0.2) is 4.79 Å². The van der Waals surface area contributed by atoms with Crippen LogP contribution in [0.3, 0.4) is 0 Å². The van der Waals surface area contributed by atoms with Gasteiger partial charge in [0.2, 0.25) is 0 Å². The Morgan fingerprint density at radius 3 is 3.10 bits per heavy atom. The zero-order valence-corrected chi connectivity index (χ0v) is 12.5. The molecule has 2 atom stereocenters. The molecule has 5 nitrogen and oxygen atoms in total. The minimum atomic E-state index is -1.03. The molecule has 3 rings (SSSR count). The summed E-state index contributed by atoms with van der Waals surface area (Å²) in [6, 6.07) is 4.82. The molecule has 0 aliphatic carbocycles. The Labute approximate surface area is 127 Å². The Balaban J connectivity index is 1.71. The molecule has 2 fully saturated rings. The summed E-state index contributed by atoms with van der Waals surface area (Å²) in [6.45, 7) is 0.700. The predicted octanol–water partition coefficient (Wildman–Crippen LogP) is 2.40. The maximum Gasteiger partial charge on any atom is 0.337 e. The molecule has 3 N–H and O–H groups in total. The second kappa shape index (κ2) is 5.77. The van der Waals surface area contributed by atoms with Crippen LogP contribution in [-0.2, 0) is 4.74 Å². The molecule has 2 aliphatic heterocycles. The van der Waals surface area contributed by atoms with Crippen LogP contribution in [0.5, 0.6) is 5.75 Å². The van der Waals surface area contributed by atoms with Crippen LogP contribution in [0.2, 0.25) is 0 Å². The highest BCUT2D eigenvalue weighted by molar-refractivity contribution is 7.99. The summed E-state index contributed by atoms with van der Waals surface area (Å²) in [6.07, 6.45) is 2.84. The number of aromatic carboxylic acids is 1. The first-order valence-electron chi connectivity index (χ1n) is 7.09. The molecule has 6 heteroatoms. The molecule has 2 unspecified atom stereocenters. The van der Waals surface area contributed by atoms with Gasteiger partial charge in [-0.1, -0.05) is 0 Å². The first-order chi connectivity index (χ1) is 10.1. The molecular weight excluding hydrogens is 290 g/mol. The van der Waals surface area contributed by atoms with E-state index in [-0.39, 0.29) is 23.0 Å². The number of rotatable bonds is 3. The number of nitrogens with two attached hydrogens (primary N) is 1. The smallest absolute Gasteiger partial charge is 0.337 e. The lowest BCUT2D eigenvalue weighted by atomic mass is 9.91. The highest BCUT2D eigenvalue weighted by atomic mass is 32.2. The molecule has 2 aliphatic rings. The Hall–Kier alpha value is -1.40. The number of hydrogen-bond donors (Lipinski definition) is 2. The summed E-state index contributed by atoms with van der Waals surface area (Å²) in [4.78, 5) is 11.1. The number of hydrogen-bond acceptors (Lipinski definition) is 5. The molecule has 0 radical (unpaired) electrons. The second-order valence-corrected chi connectivity index (χ2v) is 6.73. The third-order valence-corrected chi connectivity index (χ3v) is 5.30. The van der Waals surface area contributed by atoms with Gasteiger partial charge in [-0.3, -0.25) is 0 Å². The van der Waals surface area contributed by atoms with Gasteiger partial charge in [-0.15, -0.1) is 0 Å². The van der Waals surface area contributed by atoms with Gasteiger partial charge in [0.1, 0.15) is 11.9 Å². The lowest BCUT2D eigenvalue weighted by molar-refractivity contribution is -0.0959. The fourth-order valence-electron chi connectivity index (χ4n) is 2.93. The van der Waals surface area contributed by atoms with Crippen molar-refractivity contribution in [3.63, 3.8) is 0 Å². The third-order valence-electron chi connectivity index (χ3n) is 4.07. The van der Waals surface area contributed by atoms with E-state index in [2.05, 4.69) is 0 Å². The Morgan fingerprint density at radius 1 is 1.52 bits per heavy atom. The Morgan fingerprint density at radius 2 is 2.38 bits per heavy atom. The largest absolute Gasteiger partial charge is 0.490 e. The molecule has 1 spiro atoms. The van der Waals surface area contributed by atoms with Crippen molar-refractivity contribution in [2.24, 2.45) is 0 Å². The van der Waals surface area contributed by atoms with Crippen molar-refractivity contribution in [3.8, 4) is 5.75 Å². The second-order valence-electron chi connectivity index (χ2n) is 5.62. The van der Waals surface area contributed by atoms with Gasteiger partial charge in [0.15, 0.2) is 0 Å². The van der Waals surface area contributed by atoms with Crippen molar-refractivity contribution < 1.29 is 19.4 Å². The minimum Gasteiger partial charge on any atom is -0.490 e. The summed E-state index contributed by atoms with van der Waals surface area (Å²) in [5.74, 6) is 1.69. The minimum absolute atomic E-state index is 0.0446. The molecule has 1 aromatic rings. The standard InChI is InChI=1S/C15H19NO4S/c16-13-2-1-10(7-12(13)14(17)18)20-11-3-5-19-15(8-11)4-6-21-9-15/h1-2,7,11H,3-6,8-9,16H2,(H,17,18). The fraction of sp³-hybridized carbons (Fsp3) is 0.533. The molecular formula is C15H19NO4S. The van der Waals surface area contributed by atoms with E-state index in [4.69, 9.17) is 20.3 Å². The van der Waals surface area contributed by atoms with Crippen molar-refractivity contribution in [3.05, 3.63) is 23.8 Å². The topological polar surface area (TPSA) is 81.8 Å². The summed E-state index contributed by atoms with van der Waals surface area (Å²) in [7, 11) is 0. The highest BCUT2D eigenvalue weighted by Crippen LogP contribution is 2.39. The van der Waals surface area contributed by atoms with Gasteiger partial charge >= 0.3 is 5.97 Å². The summed E-state index contributed by atoms with van der Waals surface area (Å²) in [5, 5.41) is 9.11. The van der Waals surface area contributed by atoms with E-state index in [1.807, 2.05) is 11.8 Å². The van der Waals surface area contributed by atoms with E-state index in [1.165, 1.54) is 6.07 Å². The number of ether oxygens (including phenoxy) is 2. The number of thioether (sulfide) groups is 1. The van der Waals surface area contributed by atoms with E-state index >= 15 is 0 Å². The van der Waals surface area contributed by atoms with Crippen LogP contribution in [0.1, 0.15) is 29.6 Å². The molecule has 0 saturated carbocycles. The van der Waals surface area contributed by atoms with Gasteiger partial charge in [-0.2, -0.15) is 11.8 Å². The molecule has 0 aromatic heterocycles. The van der Waals surface area contributed by atoms with Gasteiger partial charge in [0.05, 0.1) is 17.8 Å². The fourth-order valence-corrected chi connectivity index (χ4v) is 4.31. The third kappa shape index (κ3) is 3.11. The lowest BCUT2D eigenvalue weighted by Gasteiger charge is -2.37. The van der Waals surface area contributed by atoms with Crippen LogP contribution in [0.4, 0.5) is 5.69 Å². The zero-order valence-electron chi connectivity index (χ0n) is 11.7. The van der Waals surface area contributed by atoms with Crippen LogP contribution in [0, 0.1) is 0 Å². The van der Waals surface area contributed by atoms with Crippen molar-refractivity contribution in [1.29, 1.82) is 0 Å². The van der Waals surface area contributed by atoms with Gasteiger partial charge in [0, 0.05) is 24.3 Å². The average Bonchev–Trinajstić information content (AvgIpc) is 2.88. The molecule has 114 valence electrons. The van der Waals surface area contributed by atoms with Crippen LogP contribution >= 0.6 is 11.8 Å². The Bertz CT molecular complexity index is 542. The monoisotopic (exact) mass is 309 g/mol. The Kier molecular flexibility index (Phi) is 3.99. The lowest BCUT2D eigenvalue weighted by Crippen LogP contribution is -2.43. The van der Waals surface area contributed by atoms with Crippen molar-refractivity contribution in [2.45, 2.75) is 31.0 Å². The van der Waals surface area contributed by atoms with Crippen molar-refractivity contribution in [2.75, 3.05) is 23.8 Å². The van der Waals surface area contributed by atoms with Gasteiger partial charge in [-0.05, 0) is 30.4 Å². The van der Waals surface area contributed by atoms with E-state index in [0.29, 0.717) is 12.4 Å². The maximum absolute atomic E-state index is 11.1. The highest BCUT2D eigenvalue weighted by Gasteiger charge is 2.41. The normalized spacial score (nSPS) is 28.7. The summed E-state index contributed by atoms with van der Waals surface area (Å²) in [5.41, 5.74) is 5.96. The van der Waals surface area contributed by atoms with Crippen molar-refractivity contribution in [1.82, 2.24) is 0 Å². The number of nitrogen functional groups attached to an aromatic ring is 1. The van der Waals surface area contributed by atoms with E-state index in [9.17, 15) is 4.79 Å². The number of carboxylic acid groups (broad SMARTS) is 1. The maximum atomic E-state index is 11.1. The first kappa shape index (κ1) is 14.5. The number of benzene rings is 1. The van der Waals surface area contributed by atoms with E-state index < -0.39 is 5.97 Å². The van der Waals surface area contributed by atoms with Crippen molar-refractivity contribution >= 4 is 23.4 Å². The first-order valence-corrected chi connectivity index (χ1v) is 8.25. The van der Waals surface area contributed by atoms with E-state index in [0.717, 1.165) is 30.8 Å². The van der Waals surface area contributed by atoms with Crippen LogP contribution in [-0.4, -0.2) is 40.9 Å². The summed E-state index contributed by atoms with van der Waals surface area (Å²) >= 11 is 1.92.